The second-order valence-corrected chi connectivity index (χ2v) is 13.6. The summed E-state index contributed by atoms with van der Waals surface area (Å²) < 4.78 is 62.6. The summed E-state index contributed by atoms with van der Waals surface area (Å²) >= 11 is 0. The average Bonchev–Trinajstić information content (AvgIpc) is 3.47. The summed E-state index contributed by atoms with van der Waals surface area (Å²) in [6.45, 7) is 3.13. The van der Waals surface area contributed by atoms with E-state index in [0.29, 0.717) is 61.7 Å². The number of hydrogen-bond donors (Lipinski definition) is 4. The van der Waals surface area contributed by atoms with E-state index in [0.717, 1.165) is 0 Å². The van der Waals surface area contributed by atoms with Gasteiger partial charge in [0.05, 0.1) is 17.1 Å². The molecule has 2 atom stereocenters. The first-order chi connectivity index (χ1) is 18.4. The summed E-state index contributed by atoms with van der Waals surface area (Å²) in [5.41, 5.74) is 0.649. The second kappa shape index (κ2) is 10.7. The molecule has 1 spiro atoms. The largest absolute Gasteiger partial charge is 0.491 e. The lowest BCUT2D eigenvalue weighted by molar-refractivity contribution is -0.0312. The van der Waals surface area contributed by atoms with E-state index in [9.17, 15) is 21.9 Å². The van der Waals surface area contributed by atoms with Gasteiger partial charge in [-0.05, 0) is 44.4 Å². The maximum Gasteiger partial charge on any atom is 0.244 e. The molecule has 2 aromatic heterocycles. The van der Waals surface area contributed by atoms with E-state index in [1.165, 1.54) is 28.7 Å². The SMILES string of the molecule is Cc1nc2cc(S(=O)(=O)N3CCC4(CC3)C[C@@H](NC[C@H](O)COc3cccc(S(N)(=O)=O)c3)CO4)cnc2[nH]1. The molecule has 0 radical (unpaired) electrons. The van der Waals surface area contributed by atoms with Crippen molar-refractivity contribution < 1.29 is 31.4 Å². The minimum Gasteiger partial charge on any atom is -0.491 e. The summed E-state index contributed by atoms with van der Waals surface area (Å²) in [5.74, 6) is 0.962. The van der Waals surface area contributed by atoms with Crippen LogP contribution in [0.3, 0.4) is 0 Å². The molecule has 4 heterocycles. The number of H-pyrrole nitrogens is 1. The van der Waals surface area contributed by atoms with Gasteiger partial charge in [-0.2, -0.15) is 4.31 Å². The summed E-state index contributed by atoms with van der Waals surface area (Å²) in [4.78, 5) is 11.5. The number of sulfonamides is 2. The number of imidazole rings is 1. The fourth-order valence-corrected chi connectivity index (χ4v) is 7.00. The maximum atomic E-state index is 13.2. The number of nitrogens with zero attached hydrogens (tertiary/aromatic N) is 3. The Kier molecular flexibility index (Phi) is 7.67. The van der Waals surface area contributed by atoms with Gasteiger partial charge in [0.2, 0.25) is 20.0 Å². The molecule has 2 aliphatic heterocycles. The van der Waals surface area contributed by atoms with E-state index >= 15 is 0 Å². The number of pyridine rings is 1. The average molecular weight is 581 g/mol. The topological polar surface area (TPSA) is 190 Å². The third-order valence-electron chi connectivity index (χ3n) is 7.13. The van der Waals surface area contributed by atoms with Gasteiger partial charge >= 0.3 is 0 Å². The van der Waals surface area contributed by atoms with Gasteiger partial charge in [-0.3, -0.25) is 0 Å². The van der Waals surface area contributed by atoms with Crippen LogP contribution in [0.1, 0.15) is 25.1 Å². The van der Waals surface area contributed by atoms with Crippen LogP contribution in [0.5, 0.6) is 5.75 Å². The number of hydrogen-bond acceptors (Lipinski definition) is 10. The summed E-state index contributed by atoms with van der Waals surface area (Å²) in [5, 5.41) is 18.8. The van der Waals surface area contributed by atoms with E-state index < -0.39 is 31.8 Å². The molecule has 5 N–H and O–H groups in total. The molecule has 0 bridgehead atoms. The number of primary sulfonamides is 1. The molecule has 212 valence electrons. The Balaban J connectivity index is 1.09. The number of fused-ring (bicyclic) bond motifs is 1. The van der Waals surface area contributed by atoms with Crippen LogP contribution in [0.15, 0.2) is 46.3 Å². The zero-order chi connectivity index (χ0) is 27.8. The van der Waals surface area contributed by atoms with Gasteiger partial charge in [0, 0.05) is 37.9 Å². The van der Waals surface area contributed by atoms with Gasteiger partial charge in [0.25, 0.3) is 0 Å². The van der Waals surface area contributed by atoms with Crippen molar-refractivity contribution in [3.8, 4) is 5.75 Å². The van der Waals surface area contributed by atoms with Crippen LogP contribution in [-0.2, 0) is 24.8 Å². The normalized spacial score (nSPS) is 20.9. The molecule has 2 fully saturated rings. The predicted molar refractivity (Wildman–Crippen MR) is 141 cm³/mol. The molecule has 0 unspecified atom stereocenters. The van der Waals surface area contributed by atoms with Gasteiger partial charge in [-0.25, -0.2) is 31.9 Å². The van der Waals surface area contributed by atoms with Crippen molar-refractivity contribution in [2.75, 3.05) is 32.8 Å². The quantitative estimate of drug-likeness (QED) is 0.273. The highest BCUT2D eigenvalue weighted by Crippen LogP contribution is 2.37. The van der Waals surface area contributed by atoms with Crippen molar-refractivity contribution in [1.29, 1.82) is 0 Å². The van der Waals surface area contributed by atoms with E-state index in [4.69, 9.17) is 14.6 Å². The molecule has 1 aromatic carbocycles. The van der Waals surface area contributed by atoms with E-state index in [1.54, 1.807) is 19.1 Å². The molecule has 13 nitrogen and oxygen atoms in total. The highest BCUT2D eigenvalue weighted by molar-refractivity contribution is 7.89. The standard InChI is InChI=1S/C24H32N6O7S2/c1-16-28-22-10-21(13-27-23(22)29-16)39(34,35)30-7-5-24(6-8-30)11-17(14-37-24)26-12-18(31)15-36-19-3-2-4-20(9-19)38(25,32)33/h2-4,9-10,13,17-18,26,31H,5-8,11-12,14-15H2,1H3,(H2,25,32,33)(H,27,28,29)/t17-,18+/m1/s1. The predicted octanol–water partition coefficient (Wildman–Crippen LogP) is 0.255. The van der Waals surface area contributed by atoms with Gasteiger partial charge in [0.1, 0.15) is 34.7 Å². The van der Waals surface area contributed by atoms with Gasteiger partial charge in [-0.1, -0.05) is 6.07 Å². The van der Waals surface area contributed by atoms with E-state index in [1.807, 2.05) is 0 Å². The lowest BCUT2D eigenvalue weighted by Gasteiger charge is -2.38. The molecule has 3 aromatic rings. The summed E-state index contributed by atoms with van der Waals surface area (Å²) in [7, 11) is -7.55. The smallest absolute Gasteiger partial charge is 0.244 e. The molecular weight excluding hydrogens is 548 g/mol. The van der Waals surface area contributed by atoms with Crippen molar-refractivity contribution in [3.63, 3.8) is 0 Å². The number of aliphatic hydroxyl groups excluding tert-OH is 1. The minimum absolute atomic E-state index is 0.00281. The lowest BCUT2D eigenvalue weighted by Crippen LogP contribution is -2.47. The van der Waals surface area contributed by atoms with Crippen molar-refractivity contribution >= 4 is 31.2 Å². The number of nitrogens with two attached hydrogens (primary N) is 1. The summed E-state index contributed by atoms with van der Waals surface area (Å²) in [6.07, 6.45) is 2.35. The Morgan fingerprint density at radius 3 is 2.77 bits per heavy atom. The second-order valence-electron chi connectivity index (χ2n) is 10.1. The van der Waals surface area contributed by atoms with Crippen LogP contribution in [0.4, 0.5) is 0 Å². The summed E-state index contributed by atoms with van der Waals surface area (Å²) in [6, 6.07) is 7.33. The van der Waals surface area contributed by atoms with Crippen molar-refractivity contribution in [3.05, 3.63) is 42.4 Å². The number of piperidine rings is 1. The van der Waals surface area contributed by atoms with Crippen molar-refractivity contribution in [2.45, 2.75) is 53.7 Å². The van der Waals surface area contributed by atoms with E-state index in [2.05, 4.69) is 20.3 Å². The first-order valence-corrected chi connectivity index (χ1v) is 15.6. The minimum atomic E-state index is -3.84. The van der Waals surface area contributed by atoms with Crippen LogP contribution in [0.2, 0.25) is 0 Å². The first-order valence-electron chi connectivity index (χ1n) is 12.6. The number of benzene rings is 1. The molecule has 2 aliphatic rings. The number of aromatic nitrogens is 3. The molecule has 2 saturated heterocycles. The van der Waals surface area contributed by atoms with Crippen molar-refractivity contribution in [1.82, 2.24) is 24.6 Å². The Morgan fingerprint density at radius 2 is 2.03 bits per heavy atom. The van der Waals surface area contributed by atoms with Crippen LogP contribution in [0, 0.1) is 6.92 Å². The fourth-order valence-electron chi connectivity index (χ4n) is 5.04. The molecular formula is C24H32N6O7S2. The highest BCUT2D eigenvalue weighted by Gasteiger charge is 2.44. The Labute approximate surface area is 226 Å². The molecule has 0 saturated carbocycles. The van der Waals surface area contributed by atoms with Crippen LogP contribution >= 0.6 is 0 Å². The number of rotatable bonds is 9. The van der Waals surface area contributed by atoms with E-state index in [-0.39, 0.29) is 29.0 Å². The third-order valence-corrected chi connectivity index (χ3v) is 9.90. The maximum absolute atomic E-state index is 13.2. The number of aliphatic hydroxyl groups is 1. The molecule has 0 amide bonds. The number of aromatic amines is 1. The number of nitrogens with one attached hydrogen (secondary N) is 2. The Bertz CT molecular complexity index is 1550. The first kappa shape index (κ1) is 27.9. The van der Waals surface area contributed by atoms with Crippen LogP contribution < -0.4 is 15.2 Å². The molecule has 5 rings (SSSR count). The Morgan fingerprint density at radius 1 is 1.26 bits per heavy atom. The Hall–Kier alpha value is -2.66. The molecule has 0 aliphatic carbocycles. The van der Waals surface area contributed by atoms with Gasteiger partial charge in [-0.15, -0.1) is 0 Å². The third kappa shape index (κ3) is 6.24. The van der Waals surface area contributed by atoms with Crippen molar-refractivity contribution in [2.24, 2.45) is 5.14 Å². The lowest BCUT2D eigenvalue weighted by atomic mass is 9.88. The van der Waals surface area contributed by atoms with Crippen LogP contribution in [0.25, 0.3) is 11.2 Å². The van der Waals surface area contributed by atoms with Crippen LogP contribution in [-0.4, -0.2) is 91.8 Å². The highest BCUT2D eigenvalue weighted by atomic mass is 32.2. The van der Waals surface area contributed by atoms with Gasteiger partial charge in [0.15, 0.2) is 5.65 Å². The molecule has 39 heavy (non-hydrogen) atoms. The molecule has 15 heteroatoms. The number of ether oxygens (including phenoxy) is 2. The monoisotopic (exact) mass is 580 g/mol. The zero-order valence-electron chi connectivity index (χ0n) is 21.4. The number of aryl methyl sites for hydroxylation is 1. The van der Waals surface area contributed by atoms with Gasteiger partial charge < -0.3 is 24.9 Å². The zero-order valence-corrected chi connectivity index (χ0v) is 23.0. The fraction of sp³-hybridized carbons (Fsp3) is 0.500.